The molecule has 2 aromatic rings. The van der Waals surface area contributed by atoms with Crippen LogP contribution < -0.4 is 4.74 Å². The largest absolute Gasteiger partial charge is 0.478 e. The highest BCUT2D eigenvalue weighted by molar-refractivity contribution is 5.79. The Morgan fingerprint density at radius 3 is 2.50 bits per heavy atom. The minimum absolute atomic E-state index is 0.310. The van der Waals surface area contributed by atoms with Gasteiger partial charge in [0.15, 0.2) is 6.10 Å². The molecular formula is C19H21NO4. The van der Waals surface area contributed by atoms with Gasteiger partial charge in [0.25, 0.3) is 0 Å². The third kappa shape index (κ3) is 5.76. The fourth-order valence-corrected chi connectivity index (χ4v) is 2.05. The van der Waals surface area contributed by atoms with E-state index < -0.39 is 12.1 Å². The molecule has 0 spiro atoms. The molecule has 0 aliphatic heterocycles. The fraction of sp³-hybridized carbons (Fsp3) is 0.263. The van der Waals surface area contributed by atoms with E-state index in [4.69, 9.17) is 9.57 Å². The van der Waals surface area contributed by atoms with Gasteiger partial charge >= 0.3 is 5.97 Å². The number of carbonyl (C=O) groups is 1. The SMILES string of the molecule is CCCO/N=C/c1ccc(O[C@@H](Cc2ccccc2)C(=O)O)cc1. The summed E-state index contributed by atoms with van der Waals surface area (Å²) < 4.78 is 5.60. The maximum Gasteiger partial charge on any atom is 0.345 e. The summed E-state index contributed by atoms with van der Waals surface area (Å²) in [6.07, 6.45) is 1.89. The number of oxime groups is 1. The van der Waals surface area contributed by atoms with Gasteiger partial charge in [-0.05, 0) is 41.8 Å². The van der Waals surface area contributed by atoms with E-state index in [0.29, 0.717) is 18.8 Å². The van der Waals surface area contributed by atoms with Gasteiger partial charge in [0.2, 0.25) is 0 Å². The van der Waals surface area contributed by atoms with E-state index in [1.165, 1.54) is 0 Å². The second-order valence-corrected chi connectivity index (χ2v) is 5.27. The monoisotopic (exact) mass is 327 g/mol. The van der Waals surface area contributed by atoms with Crippen LogP contribution in [0.25, 0.3) is 0 Å². The maximum atomic E-state index is 11.4. The van der Waals surface area contributed by atoms with Crippen molar-refractivity contribution in [2.45, 2.75) is 25.9 Å². The van der Waals surface area contributed by atoms with Gasteiger partial charge in [0, 0.05) is 6.42 Å². The van der Waals surface area contributed by atoms with E-state index in [-0.39, 0.29) is 0 Å². The number of nitrogens with zero attached hydrogens (tertiary/aromatic N) is 1. The van der Waals surface area contributed by atoms with Gasteiger partial charge in [-0.1, -0.05) is 42.4 Å². The number of benzene rings is 2. The Bertz CT molecular complexity index is 653. The van der Waals surface area contributed by atoms with Gasteiger partial charge in [0.1, 0.15) is 12.4 Å². The highest BCUT2D eigenvalue weighted by Crippen LogP contribution is 2.16. The first-order chi connectivity index (χ1) is 11.7. The Morgan fingerprint density at radius 1 is 1.17 bits per heavy atom. The summed E-state index contributed by atoms with van der Waals surface area (Å²) in [7, 11) is 0. The third-order valence-electron chi connectivity index (χ3n) is 3.27. The molecule has 5 nitrogen and oxygen atoms in total. The van der Waals surface area contributed by atoms with Crippen molar-refractivity contribution in [1.29, 1.82) is 0 Å². The summed E-state index contributed by atoms with van der Waals surface area (Å²) in [5.74, 6) is -0.484. The highest BCUT2D eigenvalue weighted by Gasteiger charge is 2.19. The molecule has 0 aliphatic carbocycles. The Balaban J connectivity index is 1.97. The van der Waals surface area contributed by atoms with Crippen molar-refractivity contribution in [3.8, 4) is 5.75 Å². The van der Waals surface area contributed by atoms with Gasteiger partial charge in [-0.25, -0.2) is 4.79 Å². The van der Waals surface area contributed by atoms with Crippen molar-refractivity contribution < 1.29 is 19.5 Å². The van der Waals surface area contributed by atoms with Crippen LogP contribution in [0.1, 0.15) is 24.5 Å². The summed E-state index contributed by atoms with van der Waals surface area (Å²) in [6, 6.07) is 16.5. The lowest BCUT2D eigenvalue weighted by Gasteiger charge is -2.15. The lowest BCUT2D eigenvalue weighted by atomic mass is 10.1. The number of carboxylic acid groups (broad SMARTS) is 1. The molecule has 0 fully saturated rings. The van der Waals surface area contributed by atoms with Crippen molar-refractivity contribution in [3.63, 3.8) is 0 Å². The first kappa shape index (κ1) is 17.5. The van der Waals surface area contributed by atoms with Crippen LogP contribution in [-0.2, 0) is 16.1 Å². The number of hydrogen-bond donors (Lipinski definition) is 1. The van der Waals surface area contributed by atoms with Crippen molar-refractivity contribution in [2.24, 2.45) is 5.16 Å². The molecule has 2 rings (SSSR count). The standard InChI is InChI=1S/C19H21NO4/c1-2-12-23-20-14-16-8-10-17(11-9-16)24-18(19(21)22)13-15-6-4-3-5-7-15/h3-11,14,18H,2,12-13H2,1H3,(H,21,22)/b20-14+/t18-/m0/s1. The van der Waals surface area contributed by atoms with E-state index >= 15 is 0 Å². The third-order valence-corrected chi connectivity index (χ3v) is 3.27. The topological polar surface area (TPSA) is 68.1 Å². The zero-order valence-electron chi connectivity index (χ0n) is 13.6. The quantitative estimate of drug-likeness (QED) is 0.435. The Kier molecular flexibility index (Phi) is 6.83. The number of hydrogen-bond acceptors (Lipinski definition) is 4. The zero-order valence-corrected chi connectivity index (χ0v) is 13.6. The lowest BCUT2D eigenvalue weighted by Crippen LogP contribution is -2.29. The maximum absolute atomic E-state index is 11.4. The van der Waals surface area contributed by atoms with Crippen molar-refractivity contribution >= 4 is 12.2 Å². The number of aliphatic carboxylic acids is 1. The zero-order chi connectivity index (χ0) is 17.2. The predicted octanol–water partition coefficient (Wildman–Crippen LogP) is 3.52. The molecule has 1 atom stereocenters. The fourth-order valence-electron chi connectivity index (χ4n) is 2.05. The molecule has 24 heavy (non-hydrogen) atoms. The molecule has 1 N–H and O–H groups in total. The van der Waals surface area contributed by atoms with Gasteiger partial charge in [-0.15, -0.1) is 0 Å². The van der Waals surface area contributed by atoms with Crippen LogP contribution in [-0.4, -0.2) is 30.0 Å². The summed E-state index contributed by atoms with van der Waals surface area (Å²) in [6.45, 7) is 2.59. The minimum atomic E-state index is -0.988. The second-order valence-electron chi connectivity index (χ2n) is 5.27. The van der Waals surface area contributed by atoms with E-state index in [1.54, 1.807) is 30.5 Å². The van der Waals surface area contributed by atoms with E-state index in [2.05, 4.69) is 5.16 Å². The van der Waals surface area contributed by atoms with Crippen LogP contribution in [0.4, 0.5) is 0 Å². The molecule has 0 saturated heterocycles. The van der Waals surface area contributed by atoms with Gasteiger partial charge in [-0.2, -0.15) is 0 Å². The highest BCUT2D eigenvalue weighted by atomic mass is 16.6. The van der Waals surface area contributed by atoms with Gasteiger partial charge in [0.05, 0.1) is 6.21 Å². The van der Waals surface area contributed by atoms with E-state index in [9.17, 15) is 9.90 Å². The molecule has 0 saturated carbocycles. The number of rotatable bonds is 9. The number of ether oxygens (including phenoxy) is 1. The van der Waals surface area contributed by atoms with Crippen LogP contribution in [0, 0.1) is 0 Å². The van der Waals surface area contributed by atoms with Crippen LogP contribution in [0.15, 0.2) is 59.8 Å². The summed E-state index contributed by atoms with van der Waals surface area (Å²) in [5, 5.41) is 13.2. The summed E-state index contributed by atoms with van der Waals surface area (Å²) >= 11 is 0. The smallest absolute Gasteiger partial charge is 0.345 e. The normalized spacial score (nSPS) is 12.0. The average Bonchev–Trinajstić information content (AvgIpc) is 2.60. The molecule has 0 unspecified atom stereocenters. The average molecular weight is 327 g/mol. The van der Waals surface area contributed by atoms with Crippen LogP contribution in [0.2, 0.25) is 0 Å². The molecule has 5 heteroatoms. The molecular weight excluding hydrogens is 306 g/mol. The Hall–Kier alpha value is -2.82. The molecule has 0 heterocycles. The molecule has 126 valence electrons. The molecule has 0 aliphatic rings. The molecule has 0 amide bonds. The summed E-state index contributed by atoms with van der Waals surface area (Å²) in [4.78, 5) is 16.5. The molecule has 2 aromatic carbocycles. The predicted molar refractivity (Wildman–Crippen MR) is 92.5 cm³/mol. The first-order valence-corrected chi connectivity index (χ1v) is 7.88. The first-order valence-electron chi connectivity index (χ1n) is 7.88. The summed E-state index contributed by atoms with van der Waals surface area (Å²) in [5.41, 5.74) is 1.77. The Morgan fingerprint density at radius 2 is 1.88 bits per heavy atom. The molecule has 0 aromatic heterocycles. The van der Waals surface area contributed by atoms with E-state index in [0.717, 1.165) is 17.5 Å². The number of carboxylic acids is 1. The Labute approximate surface area is 141 Å². The van der Waals surface area contributed by atoms with Crippen molar-refractivity contribution in [2.75, 3.05) is 6.61 Å². The van der Waals surface area contributed by atoms with E-state index in [1.807, 2.05) is 37.3 Å². The van der Waals surface area contributed by atoms with Gasteiger partial charge in [-0.3, -0.25) is 0 Å². The van der Waals surface area contributed by atoms with Crippen LogP contribution >= 0.6 is 0 Å². The molecule has 0 radical (unpaired) electrons. The lowest BCUT2D eigenvalue weighted by molar-refractivity contribution is -0.145. The second kappa shape index (κ2) is 9.35. The van der Waals surface area contributed by atoms with Gasteiger partial charge < -0.3 is 14.7 Å². The molecule has 0 bridgehead atoms. The minimum Gasteiger partial charge on any atom is -0.478 e. The van der Waals surface area contributed by atoms with Crippen molar-refractivity contribution in [3.05, 3.63) is 65.7 Å². The van der Waals surface area contributed by atoms with Crippen LogP contribution in [0.3, 0.4) is 0 Å². The van der Waals surface area contributed by atoms with Crippen LogP contribution in [0.5, 0.6) is 5.75 Å². The van der Waals surface area contributed by atoms with Crippen molar-refractivity contribution in [1.82, 2.24) is 0 Å².